The lowest BCUT2D eigenvalue weighted by atomic mass is 10.2. The third-order valence-corrected chi connectivity index (χ3v) is 3.71. The van der Waals surface area contributed by atoms with Crippen molar-refractivity contribution in [1.82, 2.24) is 4.90 Å². The lowest BCUT2D eigenvalue weighted by Crippen LogP contribution is -2.52. The normalized spacial score (nSPS) is 18.3. The van der Waals surface area contributed by atoms with E-state index in [1.807, 2.05) is 24.3 Å². The molecule has 1 amide bonds. The van der Waals surface area contributed by atoms with Crippen molar-refractivity contribution in [3.63, 3.8) is 0 Å². The molecule has 6 heteroatoms. The molecule has 1 heterocycles. The van der Waals surface area contributed by atoms with E-state index in [-0.39, 0.29) is 0 Å². The Labute approximate surface area is 118 Å². The molecule has 104 valence electrons. The maximum Gasteiger partial charge on any atom is 0.235 e. The molecule has 0 radical (unpaired) electrons. The smallest absolute Gasteiger partial charge is 0.235 e. The van der Waals surface area contributed by atoms with Crippen LogP contribution in [-0.2, 0) is 4.79 Å². The van der Waals surface area contributed by atoms with Crippen molar-refractivity contribution in [2.75, 3.05) is 37.6 Å². The molecule has 1 aliphatic heterocycles. The molecule has 0 bridgehead atoms. The van der Waals surface area contributed by atoms with E-state index < -0.39 is 11.9 Å². The van der Waals surface area contributed by atoms with E-state index in [1.165, 1.54) is 0 Å². The minimum absolute atomic E-state index is 0.450. The van der Waals surface area contributed by atoms with Crippen molar-refractivity contribution in [2.24, 2.45) is 11.5 Å². The molecule has 4 N–H and O–H groups in total. The van der Waals surface area contributed by atoms with Crippen LogP contribution in [0.15, 0.2) is 24.3 Å². The standard InChI is InChI=1S/C13H19ClN4O/c14-10-3-1-2-4-12(10)18-7-5-17(6-8-18)9-11(15)13(16)19/h1-4,11H,5-9,15H2,(H2,16,19). The Kier molecular flexibility index (Phi) is 4.63. The van der Waals surface area contributed by atoms with Crippen LogP contribution in [0.2, 0.25) is 5.02 Å². The molecule has 0 saturated carbocycles. The molecule has 1 fully saturated rings. The number of piperazine rings is 1. The molecule has 1 atom stereocenters. The Morgan fingerprint density at radius 1 is 1.26 bits per heavy atom. The molecule has 1 aromatic carbocycles. The number of carbonyl (C=O) groups excluding carboxylic acids is 1. The summed E-state index contributed by atoms with van der Waals surface area (Å²) >= 11 is 6.18. The van der Waals surface area contributed by atoms with Gasteiger partial charge in [0.05, 0.1) is 16.8 Å². The summed E-state index contributed by atoms with van der Waals surface area (Å²) < 4.78 is 0. The number of anilines is 1. The molecule has 1 saturated heterocycles. The molecule has 1 aromatic rings. The molecule has 2 rings (SSSR count). The zero-order valence-electron chi connectivity index (χ0n) is 10.8. The highest BCUT2D eigenvalue weighted by Gasteiger charge is 2.21. The SMILES string of the molecule is NC(=O)C(N)CN1CCN(c2ccccc2Cl)CC1. The van der Waals surface area contributed by atoms with Crippen LogP contribution in [-0.4, -0.2) is 49.6 Å². The van der Waals surface area contributed by atoms with Gasteiger partial charge < -0.3 is 16.4 Å². The van der Waals surface area contributed by atoms with Gasteiger partial charge in [-0.15, -0.1) is 0 Å². The van der Waals surface area contributed by atoms with E-state index in [9.17, 15) is 4.79 Å². The van der Waals surface area contributed by atoms with E-state index >= 15 is 0 Å². The summed E-state index contributed by atoms with van der Waals surface area (Å²) in [5, 5.41) is 0.768. The molecule has 0 aliphatic carbocycles. The van der Waals surface area contributed by atoms with Crippen molar-refractivity contribution in [2.45, 2.75) is 6.04 Å². The Hall–Kier alpha value is -1.30. The van der Waals surface area contributed by atoms with Crippen molar-refractivity contribution in [3.05, 3.63) is 29.3 Å². The van der Waals surface area contributed by atoms with E-state index in [0.29, 0.717) is 6.54 Å². The lowest BCUT2D eigenvalue weighted by molar-refractivity contribution is -0.119. The van der Waals surface area contributed by atoms with Gasteiger partial charge in [0.25, 0.3) is 0 Å². The van der Waals surface area contributed by atoms with Gasteiger partial charge in [-0.2, -0.15) is 0 Å². The summed E-state index contributed by atoms with van der Waals surface area (Å²) in [6, 6.07) is 7.23. The Bertz CT molecular complexity index is 446. The van der Waals surface area contributed by atoms with Crippen molar-refractivity contribution >= 4 is 23.2 Å². The van der Waals surface area contributed by atoms with Crippen LogP contribution >= 0.6 is 11.6 Å². The van der Waals surface area contributed by atoms with Gasteiger partial charge in [0, 0.05) is 32.7 Å². The number of nitrogens with two attached hydrogens (primary N) is 2. The predicted octanol–water partition coefficient (Wildman–Crippen LogP) is 0.275. The molecule has 0 spiro atoms. The Morgan fingerprint density at radius 3 is 2.47 bits per heavy atom. The highest BCUT2D eigenvalue weighted by molar-refractivity contribution is 6.33. The summed E-state index contributed by atoms with van der Waals surface area (Å²) in [7, 11) is 0. The number of primary amides is 1. The zero-order chi connectivity index (χ0) is 13.8. The van der Waals surface area contributed by atoms with Gasteiger partial charge in [0.15, 0.2) is 0 Å². The summed E-state index contributed by atoms with van der Waals surface area (Å²) in [6.07, 6.45) is 0. The first-order chi connectivity index (χ1) is 9.08. The molecule has 19 heavy (non-hydrogen) atoms. The summed E-state index contributed by atoms with van der Waals surface area (Å²) in [5.41, 5.74) is 11.9. The van der Waals surface area contributed by atoms with Gasteiger partial charge in [0.2, 0.25) is 5.91 Å². The molecule has 1 aliphatic rings. The number of benzene rings is 1. The van der Waals surface area contributed by atoms with Crippen molar-refractivity contribution in [3.8, 4) is 0 Å². The first-order valence-electron chi connectivity index (χ1n) is 6.34. The zero-order valence-corrected chi connectivity index (χ0v) is 11.5. The molecule has 0 aromatic heterocycles. The summed E-state index contributed by atoms with van der Waals surface area (Å²) in [4.78, 5) is 15.3. The van der Waals surface area contributed by atoms with E-state index in [1.54, 1.807) is 0 Å². The molecular formula is C13H19ClN4O. The van der Waals surface area contributed by atoms with E-state index in [2.05, 4.69) is 9.80 Å². The minimum atomic E-state index is -0.591. The fraction of sp³-hybridized carbons (Fsp3) is 0.462. The monoisotopic (exact) mass is 282 g/mol. The van der Waals surface area contributed by atoms with Crippen LogP contribution in [0.4, 0.5) is 5.69 Å². The predicted molar refractivity (Wildman–Crippen MR) is 77.3 cm³/mol. The van der Waals surface area contributed by atoms with Crippen LogP contribution < -0.4 is 16.4 Å². The van der Waals surface area contributed by atoms with Gasteiger partial charge in [-0.1, -0.05) is 23.7 Å². The quantitative estimate of drug-likeness (QED) is 0.831. The van der Waals surface area contributed by atoms with Crippen LogP contribution in [0, 0.1) is 0 Å². The number of hydrogen-bond donors (Lipinski definition) is 2. The average Bonchev–Trinajstić information content (AvgIpc) is 2.40. The average molecular weight is 283 g/mol. The largest absolute Gasteiger partial charge is 0.368 e. The highest BCUT2D eigenvalue weighted by Crippen LogP contribution is 2.25. The number of para-hydroxylation sites is 1. The Balaban J connectivity index is 1.89. The summed E-state index contributed by atoms with van der Waals surface area (Å²) in [6.45, 7) is 3.97. The Morgan fingerprint density at radius 2 is 1.89 bits per heavy atom. The van der Waals surface area contributed by atoms with E-state index in [4.69, 9.17) is 23.1 Å². The number of amides is 1. The molecule has 5 nitrogen and oxygen atoms in total. The first kappa shape index (κ1) is 14.1. The second-order valence-corrected chi connectivity index (χ2v) is 5.16. The minimum Gasteiger partial charge on any atom is -0.368 e. The van der Waals surface area contributed by atoms with Crippen molar-refractivity contribution < 1.29 is 4.79 Å². The second kappa shape index (κ2) is 6.23. The van der Waals surface area contributed by atoms with Gasteiger partial charge in [-0.3, -0.25) is 9.69 Å². The number of halogens is 1. The lowest BCUT2D eigenvalue weighted by Gasteiger charge is -2.37. The third kappa shape index (κ3) is 3.59. The van der Waals surface area contributed by atoms with Crippen LogP contribution in [0.5, 0.6) is 0 Å². The fourth-order valence-electron chi connectivity index (χ4n) is 2.25. The molecule has 1 unspecified atom stereocenters. The number of nitrogens with zero attached hydrogens (tertiary/aromatic N) is 2. The van der Waals surface area contributed by atoms with Gasteiger partial charge in [-0.25, -0.2) is 0 Å². The number of hydrogen-bond acceptors (Lipinski definition) is 4. The summed E-state index contributed by atoms with van der Waals surface area (Å²) in [5.74, 6) is -0.450. The van der Waals surface area contributed by atoms with Crippen LogP contribution in [0.25, 0.3) is 0 Å². The second-order valence-electron chi connectivity index (χ2n) is 4.75. The van der Waals surface area contributed by atoms with Gasteiger partial charge >= 0.3 is 0 Å². The number of rotatable bonds is 4. The number of carbonyl (C=O) groups is 1. The van der Waals surface area contributed by atoms with Crippen molar-refractivity contribution in [1.29, 1.82) is 0 Å². The van der Waals surface area contributed by atoms with E-state index in [0.717, 1.165) is 36.9 Å². The van der Waals surface area contributed by atoms with Crippen LogP contribution in [0.3, 0.4) is 0 Å². The fourth-order valence-corrected chi connectivity index (χ4v) is 2.50. The third-order valence-electron chi connectivity index (χ3n) is 3.39. The maximum atomic E-state index is 10.9. The first-order valence-corrected chi connectivity index (χ1v) is 6.72. The van der Waals surface area contributed by atoms with Crippen LogP contribution in [0.1, 0.15) is 0 Å². The van der Waals surface area contributed by atoms with Gasteiger partial charge in [0.1, 0.15) is 0 Å². The highest BCUT2D eigenvalue weighted by atomic mass is 35.5. The topological polar surface area (TPSA) is 75.6 Å². The molecular weight excluding hydrogens is 264 g/mol. The maximum absolute atomic E-state index is 10.9. The van der Waals surface area contributed by atoms with Gasteiger partial charge in [-0.05, 0) is 12.1 Å².